The molecule has 5 heteroatoms. The van der Waals surface area contributed by atoms with Crippen LogP contribution in [0.2, 0.25) is 0 Å². The zero-order chi connectivity index (χ0) is 10.5. The number of nitrogens with zero attached hydrogens (tertiary/aromatic N) is 1. The normalized spacial score (nSPS) is 18.1. The number of thioether (sulfide) groups is 1. The van der Waals surface area contributed by atoms with Crippen molar-refractivity contribution in [3.8, 4) is 0 Å². The van der Waals surface area contributed by atoms with Gasteiger partial charge in [-0.2, -0.15) is 11.8 Å². The Morgan fingerprint density at radius 2 is 2.27 bits per heavy atom. The second kappa shape index (κ2) is 5.39. The van der Waals surface area contributed by atoms with E-state index in [1.807, 2.05) is 11.8 Å². The van der Waals surface area contributed by atoms with Gasteiger partial charge in [0, 0.05) is 5.25 Å². The summed E-state index contributed by atoms with van der Waals surface area (Å²) in [4.78, 5) is 10.7. The monoisotopic (exact) mass is 229 g/mol. The van der Waals surface area contributed by atoms with Crippen molar-refractivity contribution in [2.45, 2.75) is 43.9 Å². The molecule has 1 N–H and O–H groups in total. The number of aromatic nitrogens is 2. The average Bonchev–Trinajstić information content (AvgIpc) is 2.66. The van der Waals surface area contributed by atoms with E-state index in [2.05, 4.69) is 9.79 Å². The lowest BCUT2D eigenvalue weighted by Gasteiger charge is -2.19. The predicted molar refractivity (Wildman–Crippen MR) is 58.9 cm³/mol. The number of H-pyrrole nitrogens is 1. The Hall–Kier alpha value is -0.710. The van der Waals surface area contributed by atoms with Crippen LogP contribution in [0.15, 0.2) is 15.5 Å². The first-order valence-corrected chi connectivity index (χ1v) is 6.59. The fourth-order valence-corrected chi connectivity index (χ4v) is 3.25. The highest BCUT2D eigenvalue weighted by Crippen LogP contribution is 2.27. The molecule has 1 fully saturated rings. The minimum absolute atomic E-state index is 0.308. The van der Waals surface area contributed by atoms with Gasteiger partial charge >= 0.3 is 5.63 Å². The van der Waals surface area contributed by atoms with Crippen molar-refractivity contribution in [1.82, 2.24) is 5.27 Å². The van der Waals surface area contributed by atoms with Gasteiger partial charge < -0.3 is 0 Å². The summed E-state index contributed by atoms with van der Waals surface area (Å²) in [5.74, 6) is 1.05. The number of aromatic amines is 1. The van der Waals surface area contributed by atoms with Gasteiger partial charge in [0.05, 0.1) is 5.75 Å². The molecule has 15 heavy (non-hydrogen) atoms. The van der Waals surface area contributed by atoms with E-state index in [1.165, 1.54) is 38.3 Å². The first kappa shape index (κ1) is 10.8. The minimum atomic E-state index is -0.308. The molecule has 0 amide bonds. The summed E-state index contributed by atoms with van der Waals surface area (Å²) in [5.41, 5.74) is -0.308. The van der Waals surface area contributed by atoms with Crippen molar-refractivity contribution >= 4 is 11.8 Å². The molecular formula is C10H17N2O2S+. The fourth-order valence-electron chi connectivity index (χ4n) is 1.94. The molecule has 0 unspecified atom stereocenters. The van der Waals surface area contributed by atoms with Gasteiger partial charge in [-0.25, -0.2) is 4.79 Å². The molecule has 84 valence electrons. The summed E-state index contributed by atoms with van der Waals surface area (Å²) in [7, 11) is 0. The Morgan fingerprint density at radius 3 is 2.93 bits per heavy atom. The number of aryl methyl sites for hydroxylation is 1. The van der Waals surface area contributed by atoms with Crippen LogP contribution in [0.3, 0.4) is 0 Å². The second-order valence-corrected chi connectivity index (χ2v) is 5.37. The maximum Gasteiger partial charge on any atom is 0.426 e. The van der Waals surface area contributed by atoms with Gasteiger partial charge in [0.15, 0.2) is 6.54 Å². The van der Waals surface area contributed by atoms with E-state index in [4.69, 9.17) is 0 Å². The van der Waals surface area contributed by atoms with Crippen LogP contribution >= 0.6 is 11.8 Å². The minimum Gasteiger partial charge on any atom is -0.284 e. The Bertz CT molecular complexity index is 341. The van der Waals surface area contributed by atoms with Crippen molar-refractivity contribution in [1.29, 1.82) is 0 Å². The van der Waals surface area contributed by atoms with Gasteiger partial charge in [-0.3, -0.25) is 4.52 Å². The zero-order valence-corrected chi connectivity index (χ0v) is 9.59. The molecular weight excluding hydrogens is 212 g/mol. The molecule has 0 spiro atoms. The third-order valence-electron chi connectivity index (χ3n) is 2.76. The summed E-state index contributed by atoms with van der Waals surface area (Å²) >= 11 is 2.02. The fraction of sp³-hybridized carbons (Fsp3) is 0.800. The third-order valence-corrected chi connectivity index (χ3v) is 4.12. The van der Waals surface area contributed by atoms with Crippen molar-refractivity contribution in [2.24, 2.45) is 0 Å². The lowest BCUT2D eigenvalue weighted by molar-refractivity contribution is -0.758. The SMILES string of the molecule is O=c1c[n+](CCSC2CCCCC2)[nH]o1. The molecule has 1 aliphatic carbocycles. The molecule has 0 bridgehead atoms. The van der Waals surface area contributed by atoms with E-state index in [-0.39, 0.29) is 5.63 Å². The van der Waals surface area contributed by atoms with Crippen LogP contribution in [-0.2, 0) is 6.54 Å². The van der Waals surface area contributed by atoms with E-state index in [1.54, 1.807) is 4.68 Å². The zero-order valence-electron chi connectivity index (χ0n) is 8.78. The summed E-state index contributed by atoms with van der Waals surface area (Å²) in [5, 5.41) is 3.39. The van der Waals surface area contributed by atoms with Gasteiger partial charge in [0.25, 0.3) is 6.20 Å². The van der Waals surface area contributed by atoms with Gasteiger partial charge in [-0.1, -0.05) is 23.9 Å². The van der Waals surface area contributed by atoms with E-state index >= 15 is 0 Å². The Labute approximate surface area is 93.0 Å². The summed E-state index contributed by atoms with van der Waals surface area (Å²) in [6.45, 7) is 0.826. The molecule has 1 aromatic heterocycles. The average molecular weight is 229 g/mol. The molecule has 2 rings (SSSR count). The first-order chi connectivity index (χ1) is 7.34. The van der Waals surface area contributed by atoms with Crippen LogP contribution in [0.25, 0.3) is 0 Å². The Morgan fingerprint density at radius 1 is 1.47 bits per heavy atom. The molecule has 1 saturated carbocycles. The largest absolute Gasteiger partial charge is 0.426 e. The summed E-state index contributed by atoms with van der Waals surface area (Å²) < 4.78 is 6.29. The van der Waals surface area contributed by atoms with Crippen LogP contribution < -0.4 is 10.3 Å². The van der Waals surface area contributed by atoms with Crippen molar-refractivity contribution in [2.75, 3.05) is 5.75 Å². The maximum atomic E-state index is 10.7. The van der Waals surface area contributed by atoms with Crippen LogP contribution in [0.4, 0.5) is 0 Å². The summed E-state index contributed by atoms with van der Waals surface area (Å²) in [6, 6.07) is 0. The Kier molecular flexibility index (Phi) is 3.88. The number of hydrogen-bond donors (Lipinski definition) is 1. The van der Waals surface area contributed by atoms with E-state index in [9.17, 15) is 4.79 Å². The van der Waals surface area contributed by atoms with Gasteiger partial charge in [-0.05, 0) is 18.1 Å². The molecule has 4 nitrogen and oxygen atoms in total. The molecule has 0 radical (unpaired) electrons. The molecule has 0 saturated heterocycles. The van der Waals surface area contributed by atoms with E-state index < -0.39 is 0 Å². The van der Waals surface area contributed by atoms with Crippen LogP contribution in [-0.4, -0.2) is 16.3 Å². The van der Waals surface area contributed by atoms with Crippen molar-refractivity contribution in [3.63, 3.8) is 0 Å². The maximum absolute atomic E-state index is 10.7. The van der Waals surface area contributed by atoms with Crippen LogP contribution in [0.1, 0.15) is 32.1 Å². The van der Waals surface area contributed by atoms with Gasteiger partial charge in [0.1, 0.15) is 0 Å². The molecule has 0 aromatic carbocycles. The lowest BCUT2D eigenvalue weighted by Crippen LogP contribution is -2.36. The quantitative estimate of drug-likeness (QED) is 0.792. The van der Waals surface area contributed by atoms with Crippen LogP contribution in [0.5, 0.6) is 0 Å². The topological polar surface area (TPSA) is 49.9 Å². The molecule has 1 aliphatic rings. The molecule has 0 aliphatic heterocycles. The third kappa shape index (κ3) is 3.41. The number of hydrogen-bond acceptors (Lipinski definition) is 3. The van der Waals surface area contributed by atoms with Crippen molar-refractivity contribution < 1.29 is 9.20 Å². The van der Waals surface area contributed by atoms with Gasteiger partial charge in [-0.15, -0.1) is 0 Å². The highest BCUT2D eigenvalue weighted by Gasteiger charge is 2.14. The van der Waals surface area contributed by atoms with E-state index in [0.29, 0.717) is 0 Å². The van der Waals surface area contributed by atoms with E-state index in [0.717, 1.165) is 17.5 Å². The van der Waals surface area contributed by atoms with Crippen LogP contribution in [0, 0.1) is 0 Å². The Balaban J connectivity index is 1.68. The lowest BCUT2D eigenvalue weighted by atomic mass is 10.0. The highest BCUT2D eigenvalue weighted by atomic mass is 32.2. The summed E-state index contributed by atoms with van der Waals surface area (Å²) in [6.07, 6.45) is 8.34. The molecule has 1 heterocycles. The second-order valence-electron chi connectivity index (χ2n) is 3.97. The smallest absolute Gasteiger partial charge is 0.284 e. The van der Waals surface area contributed by atoms with Crippen molar-refractivity contribution in [3.05, 3.63) is 16.6 Å². The number of nitrogens with one attached hydrogen (secondary N) is 1. The standard InChI is InChI=1S/C10H16N2O2S/c13-10-8-12(11-14-10)6-7-15-9-4-2-1-3-5-9/h8-9H,1-7H2/p+1. The predicted octanol–water partition coefficient (Wildman–Crippen LogP) is 1.32. The number of rotatable bonds is 4. The molecule has 0 atom stereocenters. The van der Waals surface area contributed by atoms with Gasteiger partial charge in [0.2, 0.25) is 0 Å². The molecule has 1 aromatic rings. The highest BCUT2D eigenvalue weighted by molar-refractivity contribution is 7.99. The first-order valence-electron chi connectivity index (χ1n) is 5.54.